The Kier molecular flexibility index (Phi) is 6.01. The van der Waals surface area contributed by atoms with Crippen LogP contribution in [0.2, 0.25) is 0 Å². The summed E-state index contributed by atoms with van der Waals surface area (Å²) in [5, 5.41) is 11.8. The summed E-state index contributed by atoms with van der Waals surface area (Å²) < 4.78 is 5.53. The van der Waals surface area contributed by atoms with Crippen LogP contribution in [-0.2, 0) is 6.42 Å². The highest BCUT2D eigenvalue weighted by Crippen LogP contribution is 2.12. The molecule has 1 rings (SSSR count). The smallest absolute Gasteiger partial charge is 0.137 e. The number of aryl methyl sites for hydroxylation is 1. The minimum atomic E-state index is -0.414. The van der Waals surface area contributed by atoms with Crippen LogP contribution in [0, 0.1) is 0 Å². The molecule has 3 heteroatoms. The van der Waals surface area contributed by atoms with Gasteiger partial charge in [0.05, 0.1) is 6.04 Å². The summed E-state index contributed by atoms with van der Waals surface area (Å²) in [7, 11) is 0. The Morgan fingerprint density at radius 1 is 1.24 bits per heavy atom. The summed E-state index contributed by atoms with van der Waals surface area (Å²) in [5.41, 5.74) is 1.30. The minimum Gasteiger partial charge on any atom is -0.491 e. The molecule has 1 aromatic carbocycles. The van der Waals surface area contributed by atoms with E-state index in [0.29, 0.717) is 19.2 Å². The Morgan fingerprint density at radius 2 is 1.88 bits per heavy atom. The maximum absolute atomic E-state index is 9.70. The largest absolute Gasteiger partial charge is 0.491 e. The molecule has 0 aliphatic heterocycles. The van der Waals surface area contributed by atoms with Gasteiger partial charge in [-0.15, -0.1) is 0 Å². The van der Waals surface area contributed by atoms with Crippen LogP contribution < -0.4 is 10.1 Å². The molecule has 0 saturated heterocycles. The van der Waals surface area contributed by atoms with Gasteiger partial charge in [0.25, 0.3) is 0 Å². The van der Waals surface area contributed by atoms with Crippen molar-refractivity contribution >= 4 is 0 Å². The van der Waals surface area contributed by atoms with E-state index >= 15 is 0 Å². The molecular weight excluding hydrogens is 214 g/mol. The highest BCUT2D eigenvalue weighted by molar-refractivity contribution is 5.27. The zero-order valence-electron chi connectivity index (χ0n) is 11.0. The third-order valence-electron chi connectivity index (χ3n) is 2.65. The molecule has 0 heterocycles. The van der Waals surface area contributed by atoms with Gasteiger partial charge in [0.2, 0.25) is 0 Å². The Bertz CT molecular complexity index is 309. The molecule has 0 aliphatic rings. The monoisotopic (exact) mass is 238 g/mol. The van der Waals surface area contributed by atoms with Crippen molar-refractivity contribution in [1.82, 2.24) is 0 Å². The molecule has 96 valence electrons. The number of quaternary nitrogens is 1. The fourth-order valence-electron chi connectivity index (χ4n) is 1.51. The van der Waals surface area contributed by atoms with E-state index in [1.54, 1.807) is 0 Å². The summed E-state index contributed by atoms with van der Waals surface area (Å²) in [5.74, 6) is 0.825. The van der Waals surface area contributed by atoms with Crippen molar-refractivity contribution in [2.24, 2.45) is 0 Å². The fourth-order valence-corrected chi connectivity index (χ4v) is 1.51. The van der Waals surface area contributed by atoms with Gasteiger partial charge < -0.3 is 15.2 Å². The van der Waals surface area contributed by atoms with Gasteiger partial charge in [-0.05, 0) is 38.0 Å². The molecule has 1 aromatic rings. The number of nitrogens with two attached hydrogens (primary N) is 1. The Labute approximate surface area is 104 Å². The summed E-state index contributed by atoms with van der Waals surface area (Å²) in [6.07, 6.45) is 0.620. The van der Waals surface area contributed by atoms with Crippen molar-refractivity contribution in [3.8, 4) is 5.75 Å². The number of hydrogen-bond donors (Lipinski definition) is 2. The number of rotatable bonds is 7. The van der Waals surface area contributed by atoms with Crippen molar-refractivity contribution in [2.45, 2.75) is 39.3 Å². The summed E-state index contributed by atoms with van der Waals surface area (Å²) in [6.45, 7) is 7.38. The second-order valence-electron chi connectivity index (χ2n) is 4.68. The quantitative estimate of drug-likeness (QED) is 0.743. The first-order valence-corrected chi connectivity index (χ1v) is 6.35. The highest BCUT2D eigenvalue weighted by Gasteiger charge is 2.08. The van der Waals surface area contributed by atoms with E-state index in [0.717, 1.165) is 12.2 Å². The molecule has 3 nitrogen and oxygen atoms in total. The predicted octanol–water partition coefficient (Wildman–Crippen LogP) is 0.960. The van der Waals surface area contributed by atoms with Crippen molar-refractivity contribution in [3.63, 3.8) is 0 Å². The lowest BCUT2D eigenvalue weighted by Crippen LogP contribution is -2.90. The SMILES string of the molecule is CCc1ccc(OC[C@@H](O)C[NH2+]C(C)C)cc1. The zero-order chi connectivity index (χ0) is 12.7. The van der Waals surface area contributed by atoms with Crippen molar-refractivity contribution in [2.75, 3.05) is 13.2 Å². The molecule has 17 heavy (non-hydrogen) atoms. The molecule has 3 N–H and O–H groups in total. The van der Waals surface area contributed by atoms with Gasteiger partial charge in [-0.2, -0.15) is 0 Å². The lowest BCUT2D eigenvalue weighted by atomic mass is 10.2. The van der Waals surface area contributed by atoms with Crippen LogP contribution in [0.3, 0.4) is 0 Å². The second kappa shape index (κ2) is 7.30. The Hall–Kier alpha value is -1.06. The maximum atomic E-state index is 9.70. The molecular formula is C14H24NO2+. The average molecular weight is 238 g/mol. The fraction of sp³-hybridized carbons (Fsp3) is 0.571. The van der Waals surface area contributed by atoms with Crippen molar-refractivity contribution < 1.29 is 15.2 Å². The first kappa shape index (κ1) is 14.0. The van der Waals surface area contributed by atoms with E-state index in [1.165, 1.54) is 5.56 Å². The van der Waals surface area contributed by atoms with Gasteiger partial charge >= 0.3 is 0 Å². The first-order chi connectivity index (χ1) is 8.11. The highest BCUT2D eigenvalue weighted by atomic mass is 16.5. The van der Waals surface area contributed by atoms with Crippen molar-refractivity contribution in [1.29, 1.82) is 0 Å². The number of hydrogen-bond acceptors (Lipinski definition) is 2. The van der Waals surface area contributed by atoms with Crippen LogP contribution in [0.25, 0.3) is 0 Å². The summed E-state index contributed by atoms with van der Waals surface area (Å²) >= 11 is 0. The summed E-state index contributed by atoms with van der Waals surface area (Å²) in [4.78, 5) is 0. The average Bonchev–Trinajstić information content (AvgIpc) is 2.34. The molecule has 0 aliphatic carbocycles. The van der Waals surface area contributed by atoms with Crippen LogP contribution in [0.5, 0.6) is 5.75 Å². The van der Waals surface area contributed by atoms with E-state index in [2.05, 4.69) is 38.2 Å². The molecule has 0 amide bonds. The summed E-state index contributed by atoms with van der Waals surface area (Å²) in [6, 6.07) is 8.53. The van der Waals surface area contributed by atoms with E-state index < -0.39 is 6.10 Å². The maximum Gasteiger partial charge on any atom is 0.137 e. The van der Waals surface area contributed by atoms with Gasteiger partial charge in [-0.1, -0.05) is 19.1 Å². The molecule has 0 aromatic heterocycles. The van der Waals surface area contributed by atoms with E-state index in [9.17, 15) is 5.11 Å². The lowest BCUT2D eigenvalue weighted by Gasteiger charge is -2.13. The van der Waals surface area contributed by atoms with Crippen molar-refractivity contribution in [3.05, 3.63) is 29.8 Å². The van der Waals surface area contributed by atoms with Crippen LogP contribution >= 0.6 is 0 Å². The van der Waals surface area contributed by atoms with Gasteiger partial charge in [-0.25, -0.2) is 0 Å². The van der Waals surface area contributed by atoms with Gasteiger partial charge in [0.1, 0.15) is 25.0 Å². The molecule has 0 fully saturated rings. The molecule has 0 unspecified atom stereocenters. The van der Waals surface area contributed by atoms with E-state index in [-0.39, 0.29) is 0 Å². The second-order valence-corrected chi connectivity index (χ2v) is 4.68. The third-order valence-corrected chi connectivity index (χ3v) is 2.65. The number of benzene rings is 1. The van der Waals surface area contributed by atoms with Gasteiger partial charge in [0.15, 0.2) is 0 Å². The standard InChI is InChI=1S/C14H23NO2/c1-4-12-5-7-14(8-6-12)17-10-13(16)9-15-11(2)3/h5-8,11,13,15-16H,4,9-10H2,1-3H3/p+1/t13-/m0/s1. The van der Waals surface area contributed by atoms with Gasteiger partial charge in [-0.3, -0.25) is 0 Å². The topological polar surface area (TPSA) is 46.1 Å². The molecule has 0 radical (unpaired) electrons. The molecule has 0 saturated carbocycles. The zero-order valence-corrected chi connectivity index (χ0v) is 11.0. The van der Waals surface area contributed by atoms with E-state index in [4.69, 9.17) is 4.74 Å². The van der Waals surface area contributed by atoms with E-state index in [1.807, 2.05) is 12.1 Å². The first-order valence-electron chi connectivity index (χ1n) is 6.35. The Balaban J connectivity index is 2.29. The van der Waals surface area contributed by atoms with Crippen LogP contribution in [0.1, 0.15) is 26.3 Å². The third kappa shape index (κ3) is 5.71. The molecule has 0 spiro atoms. The number of ether oxygens (including phenoxy) is 1. The predicted molar refractivity (Wildman–Crippen MR) is 69.3 cm³/mol. The molecule has 0 bridgehead atoms. The normalized spacial score (nSPS) is 12.8. The molecule has 1 atom stereocenters. The Morgan fingerprint density at radius 3 is 2.41 bits per heavy atom. The minimum absolute atomic E-state index is 0.356. The van der Waals surface area contributed by atoms with Crippen LogP contribution in [-0.4, -0.2) is 30.4 Å². The lowest BCUT2D eigenvalue weighted by molar-refractivity contribution is -0.688. The van der Waals surface area contributed by atoms with Crippen LogP contribution in [0.15, 0.2) is 24.3 Å². The van der Waals surface area contributed by atoms with Crippen LogP contribution in [0.4, 0.5) is 0 Å². The van der Waals surface area contributed by atoms with Gasteiger partial charge in [0, 0.05) is 0 Å². The number of aliphatic hydroxyl groups is 1. The number of aliphatic hydroxyl groups excluding tert-OH is 1.